The van der Waals surface area contributed by atoms with Crippen LogP contribution in [0.15, 0.2) is 0 Å². The second-order valence-electron chi connectivity index (χ2n) is 4.48. The standard InChI is InChI=1S/C10H17N3O2S/c1-2-12-7-9-3-4-10(8-12)13(9)16(14,15)6-5-11/h9-10H,2-4,6-8H2,1H3. The lowest BCUT2D eigenvalue weighted by Crippen LogP contribution is -2.55. The Hall–Kier alpha value is -0.640. The molecule has 6 heteroatoms. The molecule has 2 heterocycles. The highest BCUT2D eigenvalue weighted by Crippen LogP contribution is 2.32. The molecule has 0 radical (unpaired) electrons. The van der Waals surface area contributed by atoms with E-state index in [1.54, 1.807) is 10.4 Å². The summed E-state index contributed by atoms with van der Waals surface area (Å²) in [5.74, 6) is -0.383. The van der Waals surface area contributed by atoms with Gasteiger partial charge in [0.1, 0.15) is 0 Å². The number of nitriles is 1. The van der Waals surface area contributed by atoms with E-state index in [1.807, 2.05) is 0 Å². The van der Waals surface area contributed by atoms with Gasteiger partial charge in [-0.1, -0.05) is 6.92 Å². The van der Waals surface area contributed by atoms with Crippen molar-refractivity contribution >= 4 is 10.0 Å². The van der Waals surface area contributed by atoms with E-state index in [1.165, 1.54) is 0 Å². The highest BCUT2D eigenvalue weighted by atomic mass is 32.2. The van der Waals surface area contributed by atoms with Gasteiger partial charge in [0.25, 0.3) is 0 Å². The molecule has 2 unspecified atom stereocenters. The summed E-state index contributed by atoms with van der Waals surface area (Å²) in [6.07, 6.45) is 1.87. The van der Waals surface area contributed by atoms with Gasteiger partial charge in [-0.05, 0) is 19.4 Å². The van der Waals surface area contributed by atoms with Gasteiger partial charge in [-0.2, -0.15) is 9.57 Å². The van der Waals surface area contributed by atoms with Gasteiger partial charge in [-0.15, -0.1) is 0 Å². The first-order valence-electron chi connectivity index (χ1n) is 5.69. The molecule has 2 rings (SSSR count). The number of hydrogen-bond donors (Lipinski definition) is 0. The SMILES string of the molecule is CCN1CC2CCC(C1)N2S(=O)(=O)CC#N. The number of fused-ring (bicyclic) bond motifs is 2. The molecular formula is C10H17N3O2S. The van der Waals surface area contributed by atoms with Crippen molar-refractivity contribution in [1.82, 2.24) is 9.21 Å². The Morgan fingerprint density at radius 1 is 1.31 bits per heavy atom. The van der Waals surface area contributed by atoms with E-state index >= 15 is 0 Å². The minimum Gasteiger partial charge on any atom is -0.300 e. The summed E-state index contributed by atoms with van der Waals surface area (Å²) in [4.78, 5) is 2.29. The Morgan fingerprint density at radius 3 is 2.31 bits per heavy atom. The van der Waals surface area contributed by atoms with Crippen molar-refractivity contribution in [2.24, 2.45) is 0 Å². The van der Waals surface area contributed by atoms with Crippen LogP contribution < -0.4 is 0 Å². The fourth-order valence-corrected chi connectivity index (χ4v) is 4.38. The summed E-state index contributed by atoms with van der Waals surface area (Å²) in [6.45, 7) is 4.70. The molecule has 0 aromatic heterocycles. The summed E-state index contributed by atoms with van der Waals surface area (Å²) in [6, 6.07) is 1.95. The fraction of sp³-hybridized carbons (Fsp3) is 0.900. The summed E-state index contributed by atoms with van der Waals surface area (Å²) in [5.41, 5.74) is 0. The van der Waals surface area contributed by atoms with Gasteiger partial charge in [0.2, 0.25) is 10.0 Å². The molecule has 0 spiro atoms. The van der Waals surface area contributed by atoms with Gasteiger partial charge in [-0.25, -0.2) is 8.42 Å². The second-order valence-corrected chi connectivity index (χ2v) is 6.36. The number of hydrogen-bond acceptors (Lipinski definition) is 4. The van der Waals surface area contributed by atoms with E-state index < -0.39 is 10.0 Å². The third-order valence-electron chi connectivity index (χ3n) is 3.51. The number of likely N-dealkylation sites (N-methyl/N-ethyl adjacent to an activating group) is 1. The molecule has 0 aromatic carbocycles. The molecule has 2 aliphatic heterocycles. The van der Waals surface area contributed by atoms with Gasteiger partial charge in [0.15, 0.2) is 5.75 Å². The largest absolute Gasteiger partial charge is 0.300 e. The van der Waals surface area contributed by atoms with Gasteiger partial charge in [-0.3, -0.25) is 0 Å². The zero-order chi connectivity index (χ0) is 11.8. The molecule has 2 aliphatic rings. The molecule has 16 heavy (non-hydrogen) atoms. The monoisotopic (exact) mass is 243 g/mol. The topological polar surface area (TPSA) is 64.4 Å². The minimum atomic E-state index is -3.36. The maximum absolute atomic E-state index is 11.9. The summed E-state index contributed by atoms with van der Waals surface area (Å²) in [7, 11) is -3.36. The Labute approximate surface area is 96.7 Å². The van der Waals surface area contributed by atoms with E-state index in [0.717, 1.165) is 32.5 Å². The molecule has 5 nitrogen and oxygen atoms in total. The van der Waals surface area contributed by atoms with Crippen molar-refractivity contribution in [2.45, 2.75) is 31.8 Å². The van der Waals surface area contributed by atoms with Gasteiger partial charge in [0, 0.05) is 25.2 Å². The van der Waals surface area contributed by atoms with Crippen LogP contribution in [0, 0.1) is 11.3 Å². The molecule has 0 aliphatic carbocycles. The van der Waals surface area contributed by atoms with Crippen molar-refractivity contribution in [2.75, 3.05) is 25.4 Å². The lowest BCUT2D eigenvalue weighted by atomic mass is 10.2. The van der Waals surface area contributed by atoms with Crippen LogP contribution in [0.3, 0.4) is 0 Å². The maximum Gasteiger partial charge on any atom is 0.228 e. The quantitative estimate of drug-likeness (QED) is 0.700. The minimum absolute atomic E-state index is 0.0945. The first-order valence-corrected chi connectivity index (χ1v) is 7.30. The van der Waals surface area contributed by atoms with E-state index in [-0.39, 0.29) is 17.8 Å². The number of nitrogens with zero attached hydrogens (tertiary/aromatic N) is 3. The predicted molar refractivity (Wildman–Crippen MR) is 60.2 cm³/mol. The number of likely N-dealkylation sites (tertiary alicyclic amines) is 1. The molecule has 0 saturated carbocycles. The Kier molecular flexibility index (Phi) is 3.19. The third-order valence-corrected chi connectivity index (χ3v) is 5.24. The van der Waals surface area contributed by atoms with Crippen LogP contribution in [-0.4, -0.2) is 55.1 Å². The molecular weight excluding hydrogens is 226 g/mol. The Bertz CT molecular complexity index is 387. The maximum atomic E-state index is 11.9. The molecule has 2 fully saturated rings. The van der Waals surface area contributed by atoms with E-state index in [2.05, 4.69) is 11.8 Å². The highest BCUT2D eigenvalue weighted by molar-refractivity contribution is 7.89. The predicted octanol–water partition coefficient (Wildman–Crippen LogP) is 0.00828. The molecule has 2 atom stereocenters. The van der Waals surface area contributed by atoms with Crippen molar-refractivity contribution in [1.29, 1.82) is 5.26 Å². The first-order chi connectivity index (χ1) is 7.58. The van der Waals surface area contributed by atoms with Crippen molar-refractivity contribution in [3.63, 3.8) is 0 Å². The fourth-order valence-electron chi connectivity index (χ4n) is 2.82. The zero-order valence-electron chi connectivity index (χ0n) is 9.46. The highest BCUT2D eigenvalue weighted by Gasteiger charge is 2.45. The molecule has 90 valence electrons. The molecule has 0 amide bonds. The van der Waals surface area contributed by atoms with Crippen LogP contribution in [0.1, 0.15) is 19.8 Å². The van der Waals surface area contributed by atoms with Crippen LogP contribution in [0.25, 0.3) is 0 Å². The molecule has 0 N–H and O–H groups in total. The Morgan fingerprint density at radius 2 is 1.88 bits per heavy atom. The van der Waals surface area contributed by atoms with Gasteiger partial charge < -0.3 is 4.90 Å². The zero-order valence-corrected chi connectivity index (χ0v) is 10.3. The summed E-state index contributed by atoms with van der Waals surface area (Å²) < 4.78 is 25.5. The number of piperazine rings is 1. The van der Waals surface area contributed by atoms with Gasteiger partial charge >= 0.3 is 0 Å². The van der Waals surface area contributed by atoms with E-state index in [0.29, 0.717) is 0 Å². The first kappa shape index (κ1) is 11.8. The molecule has 0 aromatic rings. The van der Waals surface area contributed by atoms with Crippen LogP contribution in [0.4, 0.5) is 0 Å². The van der Waals surface area contributed by atoms with Crippen LogP contribution in [0.5, 0.6) is 0 Å². The van der Waals surface area contributed by atoms with Crippen LogP contribution in [-0.2, 0) is 10.0 Å². The molecule has 2 bridgehead atoms. The lowest BCUT2D eigenvalue weighted by molar-refractivity contribution is 0.135. The van der Waals surface area contributed by atoms with E-state index in [4.69, 9.17) is 5.26 Å². The van der Waals surface area contributed by atoms with Gasteiger partial charge in [0.05, 0.1) is 6.07 Å². The van der Waals surface area contributed by atoms with Crippen molar-refractivity contribution in [3.05, 3.63) is 0 Å². The third kappa shape index (κ3) is 1.95. The average Bonchev–Trinajstić information content (AvgIpc) is 2.51. The van der Waals surface area contributed by atoms with Crippen LogP contribution >= 0.6 is 0 Å². The normalized spacial score (nSPS) is 31.5. The Balaban J connectivity index is 2.18. The number of sulfonamides is 1. The summed E-state index contributed by atoms with van der Waals surface area (Å²) >= 11 is 0. The molecule has 2 saturated heterocycles. The smallest absolute Gasteiger partial charge is 0.228 e. The van der Waals surface area contributed by atoms with Crippen molar-refractivity contribution < 1.29 is 8.42 Å². The van der Waals surface area contributed by atoms with E-state index in [9.17, 15) is 8.42 Å². The second kappa shape index (κ2) is 4.32. The average molecular weight is 243 g/mol. The number of rotatable bonds is 3. The van der Waals surface area contributed by atoms with Crippen LogP contribution in [0.2, 0.25) is 0 Å². The van der Waals surface area contributed by atoms with Crippen molar-refractivity contribution in [3.8, 4) is 6.07 Å². The summed E-state index contributed by atoms with van der Waals surface area (Å²) in [5, 5.41) is 8.56. The lowest BCUT2D eigenvalue weighted by Gasteiger charge is -2.39.